The van der Waals surface area contributed by atoms with E-state index in [2.05, 4.69) is 0 Å². The SMILES string of the molecule is CC(Oc1ccc(Cl)cc1Cl)C(=O)O.CC(Oc1ccc(Cl)cc1Cl)C(=O)O.[Mg]. The van der Waals surface area contributed by atoms with Gasteiger partial charge in [-0.25, -0.2) is 9.59 Å². The van der Waals surface area contributed by atoms with Gasteiger partial charge in [-0.05, 0) is 50.2 Å². The third-order valence-corrected chi connectivity index (χ3v) is 4.15. The summed E-state index contributed by atoms with van der Waals surface area (Å²) in [4.78, 5) is 21.0. The first-order valence-corrected chi connectivity index (χ1v) is 9.21. The molecule has 0 amide bonds. The molecule has 6 nitrogen and oxygen atoms in total. The summed E-state index contributed by atoms with van der Waals surface area (Å²) < 4.78 is 10.1. The second kappa shape index (κ2) is 13.3. The van der Waals surface area contributed by atoms with Crippen LogP contribution in [0.25, 0.3) is 0 Å². The number of rotatable bonds is 6. The maximum atomic E-state index is 10.5. The van der Waals surface area contributed by atoms with Gasteiger partial charge in [0.15, 0.2) is 12.2 Å². The van der Waals surface area contributed by atoms with E-state index in [1.165, 1.54) is 38.1 Å². The molecule has 2 atom stereocenters. The molecule has 0 aromatic heterocycles. The Kier molecular flexibility index (Phi) is 12.8. The fourth-order valence-electron chi connectivity index (χ4n) is 1.62. The van der Waals surface area contributed by atoms with Crippen molar-refractivity contribution in [2.24, 2.45) is 0 Å². The fraction of sp³-hybridized carbons (Fsp3) is 0.222. The zero-order valence-electron chi connectivity index (χ0n) is 15.4. The van der Waals surface area contributed by atoms with Crippen LogP contribution in [0.3, 0.4) is 0 Å². The Morgan fingerprint density at radius 2 is 1.07 bits per heavy atom. The molecule has 2 unspecified atom stereocenters. The minimum atomic E-state index is -1.05. The van der Waals surface area contributed by atoms with Crippen molar-refractivity contribution in [3.05, 3.63) is 56.5 Å². The molecule has 0 bridgehead atoms. The lowest BCUT2D eigenvalue weighted by atomic mass is 10.3. The fourth-order valence-corrected chi connectivity index (χ4v) is 2.53. The maximum absolute atomic E-state index is 10.5. The number of benzene rings is 2. The molecule has 0 fully saturated rings. The average Bonchev–Trinajstić information content (AvgIpc) is 2.60. The van der Waals surface area contributed by atoms with Gasteiger partial charge in [-0.2, -0.15) is 0 Å². The molecule has 11 heteroatoms. The number of hydrogen-bond acceptors (Lipinski definition) is 4. The van der Waals surface area contributed by atoms with Crippen LogP contribution in [0.2, 0.25) is 20.1 Å². The molecule has 0 spiro atoms. The zero-order chi connectivity index (χ0) is 21.4. The smallest absolute Gasteiger partial charge is 0.344 e. The van der Waals surface area contributed by atoms with Crippen molar-refractivity contribution >= 4 is 81.4 Å². The summed E-state index contributed by atoms with van der Waals surface area (Å²) >= 11 is 22.9. The second-order valence-corrected chi connectivity index (χ2v) is 7.03. The van der Waals surface area contributed by atoms with E-state index in [1.807, 2.05) is 0 Å². The van der Waals surface area contributed by atoms with Gasteiger partial charge in [0.05, 0.1) is 10.0 Å². The predicted octanol–water partition coefficient (Wildman–Crippen LogP) is 5.31. The Morgan fingerprint density at radius 1 is 0.759 bits per heavy atom. The molecular formula is C18H16Cl4MgO6. The van der Waals surface area contributed by atoms with Crippen molar-refractivity contribution in [1.29, 1.82) is 0 Å². The normalized spacial score (nSPS) is 11.8. The molecule has 2 N–H and O–H groups in total. The molecule has 0 heterocycles. The third kappa shape index (κ3) is 9.97. The van der Waals surface area contributed by atoms with Crippen LogP contribution in [-0.2, 0) is 9.59 Å². The van der Waals surface area contributed by atoms with Gasteiger partial charge in [0.1, 0.15) is 11.5 Å². The predicted molar refractivity (Wildman–Crippen MR) is 114 cm³/mol. The summed E-state index contributed by atoms with van der Waals surface area (Å²) in [6.45, 7) is 2.85. The minimum Gasteiger partial charge on any atom is -0.479 e. The van der Waals surface area contributed by atoms with Gasteiger partial charge in [-0.3, -0.25) is 0 Å². The van der Waals surface area contributed by atoms with Crippen molar-refractivity contribution in [3.8, 4) is 11.5 Å². The van der Waals surface area contributed by atoms with E-state index in [4.69, 9.17) is 66.1 Å². The first-order chi connectivity index (χ1) is 13.0. The Bertz CT molecular complexity index is 780. The van der Waals surface area contributed by atoms with E-state index in [-0.39, 0.29) is 23.1 Å². The van der Waals surface area contributed by atoms with Gasteiger partial charge in [0, 0.05) is 33.1 Å². The van der Waals surface area contributed by atoms with Crippen LogP contribution < -0.4 is 9.47 Å². The van der Waals surface area contributed by atoms with Crippen LogP contribution in [-0.4, -0.2) is 57.4 Å². The van der Waals surface area contributed by atoms with E-state index >= 15 is 0 Å². The largest absolute Gasteiger partial charge is 0.479 e. The van der Waals surface area contributed by atoms with E-state index in [0.717, 1.165) is 0 Å². The lowest BCUT2D eigenvalue weighted by Crippen LogP contribution is -2.22. The average molecular weight is 494 g/mol. The number of carboxylic acids is 2. The van der Waals surface area contributed by atoms with Crippen molar-refractivity contribution in [3.63, 3.8) is 0 Å². The zero-order valence-corrected chi connectivity index (χ0v) is 19.8. The van der Waals surface area contributed by atoms with E-state index in [1.54, 1.807) is 12.1 Å². The summed E-state index contributed by atoms with van der Waals surface area (Å²) in [5, 5.41) is 18.7. The number of carbonyl (C=O) groups is 2. The lowest BCUT2D eigenvalue weighted by molar-refractivity contribution is -0.145. The summed E-state index contributed by atoms with van der Waals surface area (Å²) in [6.07, 6.45) is -1.87. The highest BCUT2D eigenvalue weighted by atomic mass is 35.5. The van der Waals surface area contributed by atoms with Gasteiger partial charge >= 0.3 is 11.9 Å². The van der Waals surface area contributed by atoms with E-state index in [0.29, 0.717) is 31.6 Å². The van der Waals surface area contributed by atoms with Gasteiger partial charge < -0.3 is 19.7 Å². The topological polar surface area (TPSA) is 93.1 Å². The molecule has 2 aromatic carbocycles. The number of hydrogen-bond donors (Lipinski definition) is 2. The molecule has 0 aliphatic carbocycles. The molecular weight excluding hydrogens is 478 g/mol. The second-order valence-electron chi connectivity index (χ2n) is 5.35. The molecule has 0 saturated carbocycles. The standard InChI is InChI=1S/2C9H8Cl2O3.Mg/c2*1-5(9(12)13)14-8-3-2-6(10)4-7(8)11;/h2*2-5H,1H3,(H,12,13);. The third-order valence-electron chi connectivity index (χ3n) is 3.09. The Hall–Kier alpha value is -1.09. The van der Waals surface area contributed by atoms with Crippen molar-refractivity contribution in [2.45, 2.75) is 26.1 Å². The first-order valence-electron chi connectivity index (χ1n) is 7.70. The van der Waals surface area contributed by atoms with Gasteiger partial charge in [0.2, 0.25) is 0 Å². The highest BCUT2D eigenvalue weighted by molar-refractivity contribution is 6.36. The van der Waals surface area contributed by atoms with Crippen molar-refractivity contribution in [2.75, 3.05) is 0 Å². The summed E-state index contributed by atoms with van der Waals surface area (Å²) in [7, 11) is 0. The molecule has 0 saturated heterocycles. The molecule has 2 rings (SSSR count). The highest BCUT2D eigenvalue weighted by Gasteiger charge is 2.15. The van der Waals surface area contributed by atoms with Crippen LogP contribution in [0.1, 0.15) is 13.8 Å². The number of carboxylic acid groups (broad SMARTS) is 2. The monoisotopic (exact) mass is 492 g/mol. The summed E-state index contributed by atoms with van der Waals surface area (Å²) in [5.41, 5.74) is 0. The van der Waals surface area contributed by atoms with Crippen LogP contribution in [0.15, 0.2) is 36.4 Å². The van der Waals surface area contributed by atoms with Crippen LogP contribution >= 0.6 is 46.4 Å². The minimum absolute atomic E-state index is 0. The van der Waals surface area contributed by atoms with Gasteiger partial charge in [-0.15, -0.1) is 0 Å². The summed E-state index contributed by atoms with van der Waals surface area (Å²) in [5.74, 6) is -1.47. The quantitative estimate of drug-likeness (QED) is 0.529. The van der Waals surface area contributed by atoms with E-state index < -0.39 is 24.1 Å². The Balaban J connectivity index is 0.000000523. The van der Waals surface area contributed by atoms with Gasteiger partial charge in [0.25, 0.3) is 0 Å². The molecule has 29 heavy (non-hydrogen) atoms. The first kappa shape index (κ1) is 27.9. The van der Waals surface area contributed by atoms with Gasteiger partial charge in [-0.1, -0.05) is 46.4 Å². The number of halogens is 4. The lowest BCUT2D eigenvalue weighted by Gasteiger charge is -2.11. The van der Waals surface area contributed by atoms with Crippen LogP contribution in [0.5, 0.6) is 11.5 Å². The van der Waals surface area contributed by atoms with Crippen LogP contribution in [0, 0.1) is 0 Å². The summed E-state index contributed by atoms with van der Waals surface area (Å²) in [6, 6.07) is 9.21. The Labute approximate surface area is 203 Å². The number of ether oxygens (including phenoxy) is 2. The van der Waals surface area contributed by atoms with E-state index in [9.17, 15) is 9.59 Å². The Morgan fingerprint density at radius 3 is 1.31 bits per heavy atom. The van der Waals surface area contributed by atoms with Crippen LogP contribution in [0.4, 0.5) is 0 Å². The molecule has 2 aromatic rings. The highest BCUT2D eigenvalue weighted by Crippen LogP contribution is 2.29. The molecule has 0 aliphatic rings. The maximum Gasteiger partial charge on any atom is 0.344 e. The molecule has 154 valence electrons. The molecule has 0 aliphatic heterocycles. The van der Waals surface area contributed by atoms with Crippen molar-refractivity contribution < 1.29 is 29.3 Å². The van der Waals surface area contributed by atoms with Crippen molar-refractivity contribution in [1.82, 2.24) is 0 Å². The number of aliphatic carboxylic acids is 2. The molecule has 2 radical (unpaired) electrons.